The lowest BCUT2D eigenvalue weighted by molar-refractivity contribution is -0.136. The molecule has 0 radical (unpaired) electrons. The van der Waals surface area contributed by atoms with E-state index >= 15 is 0 Å². The van der Waals surface area contributed by atoms with Crippen LogP contribution in [0.5, 0.6) is 0 Å². The Balaban J connectivity index is 3.39. The minimum atomic E-state index is -0.649. The average Bonchev–Trinajstić information content (AvgIpc) is 1.82. The zero-order chi connectivity index (χ0) is 7.28. The van der Waals surface area contributed by atoms with E-state index in [1.54, 1.807) is 0 Å². The van der Waals surface area contributed by atoms with Gasteiger partial charge in [-0.25, -0.2) is 0 Å². The molecule has 0 saturated carbocycles. The van der Waals surface area contributed by atoms with E-state index in [-0.39, 0.29) is 13.2 Å². The summed E-state index contributed by atoms with van der Waals surface area (Å²) in [6, 6.07) is 0. The number of amides is 1. The van der Waals surface area contributed by atoms with Gasteiger partial charge in [-0.1, -0.05) is 0 Å². The Morgan fingerprint density at radius 3 is 2.44 bits per heavy atom. The number of carbonyl (C=O) groups is 2. The summed E-state index contributed by atoms with van der Waals surface area (Å²) in [5.41, 5.74) is 0. The summed E-state index contributed by atoms with van der Waals surface area (Å²) < 4.78 is 0. The van der Waals surface area contributed by atoms with E-state index in [4.69, 9.17) is 5.11 Å². The number of carbonyl (C=O) groups excluding carboxylic acids is 2. The summed E-state index contributed by atoms with van der Waals surface area (Å²) in [5.74, 6) is -1.19. The smallest absolute Gasteiger partial charge is 0.287 e. The first-order valence-electron chi connectivity index (χ1n) is 2.58. The van der Waals surface area contributed by atoms with Crippen molar-refractivity contribution in [2.75, 3.05) is 13.2 Å². The second kappa shape index (κ2) is 4.03. The molecular weight excluding hydrogens is 122 g/mol. The topological polar surface area (TPSA) is 66.4 Å². The molecule has 4 nitrogen and oxygen atoms in total. The fourth-order valence-electron chi connectivity index (χ4n) is 0.294. The van der Waals surface area contributed by atoms with Crippen LogP contribution in [0.25, 0.3) is 0 Å². The Morgan fingerprint density at radius 1 is 1.56 bits per heavy atom. The Bertz CT molecular complexity index is 121. The van der Waals surface area contributed by atoms with Crippen molar-refractivity contribution >= 4 is 11.7 Å². The van der Waals surface area contributed by atoms with Crippen LogP contribution in [0.3, 0.4) is 0 Å². The molecule has 0 bridgehead atoms. The van der Waals surface area contributed by atoms with Crippen LogP contribution in [0.1, 0.15) is 6.92 Å². The predicted octanol–water partition coefficient (Wildman–Crippen LogP) is -1.32. The predicted molar refractivity (Wildman–Crippen MR) is 30.8 cm³/mol. The lowest BCUT2D eigenvalue weighted by Crippen LogP contribution is -2.31. The SMILES string of the molecule is CC(=O)C(=O)NCCO. The Morgan fingerprint density at radius 2 is 2.11 bits per heavy atom. The van der Waals surface area contributed by atoms with Crippen LogP contribution in [-0.2, 0) is 9.59 Å². The molecule has 1 amide bonds. The van der Waals surface area contributed by atoms with Crippen LogP contribution in [0.15, 0.2) is 0 Å². The van der Waals surface area contributed by atoms with Crippen LogP contribution < -0.4 is 5.32 Å². The monoisotopic (exact) mass is 131 g/mol. The lowest BCUT2D eigenvalue weighted by Gasteiger charge is -1.96. The van der Waals surface area contributed by atoms with E-state index in [9.17, 15) is 9.59 Å². The third-order valence-electron chi connectivity index (χ3n) is 0.717. The van der Waals surface area contributed by atoms with E-state index in [1.807, 2.05) is 0 Å². The van der Waals surface area contributed by atoms with Crippen LogP contribution in [0.4, 0.5) is 0 Å². The first kappa shape index (κ1) is 8.10. The summed E-state index contributed by atoms with van der Waals surface area (Å²) >= 11 is 0. The minimum Gasteiger partial charge on any atom is -0.395 e. The number of nitrogens with one attached hydrogen (secondary N) is 1. The normalized spacial score (nSPS) is 8.67. The van der Waals surface area contributed by atoms with Crippen LogP contribution in [0.2, 0.25) is 0 Å². The van der Waals surface area contributed by atoms with Crippen molar-refractivity contribution in [3.8, 4) is 0 Å². The lowest BCUT2D eigenvalue weighted by atomic mass is 10.4. The van der Waals surface area contributed by atoms with Crippen molar-refractivity contribution in [2.45, 2.75) is 6.92 Å². The van der Waals surface area contributed by atoms with Crippen molar-refractivity contribution in [3.63, 3.8) is 0 Å². The number of aliphatic hydroxyl groups excluding tert-OH is 1. The Labute approximate surface area is 52.9 Å². The maximum absolute atomic E-state index is 10.3. The van der Waals surface area contributed by atoms with Gasteiger partial charge in [-0.3, -0.25) is 9.59 Å². The number of ketones is 1. The molecule has 52 valence electrons. The van der Waals surface area contributed by atoms with Gasteiger partial charge in [0.2, 0.25) is 5.78 Å². The van der Waals surface area contributed by atoms with Gasteiger partial charge in [-0.15, -0.1) is 0 Å². The van der Waals surface area contributed by atoms with Gasteiger partial charge in [0, 0.05) is 13.5 Å². The molecule has 0 aliphatic carbocycles. The molecule has 2 N–H and O–H groups in total. The molecule has 0 atom stereocenters. The highest BCUT2D eigenvalue weighted by molar-refractivity contribution is 6.35. The molecule has 0 aromatic heterocycles. The minimum absolute atomic E-state index is 0.137. The molecule has 0 rings (SSSR count). The van der Waals surface area contributed by atoms with Crippen molar-refractivity contribution < 1.29 is 14.7 Å². The summed E-state index contributed by atoms with van der Waals surface area (Å²) in [6.45, 7) is 1.17. The van der Waals surface area contributed by atoms with Crippen molar-refractivity contribution in [2.24, 2.45) is 0 Å². The third kappa shape index (κ3) is 3.66. The average molecular weight is 131 g/mol. The van der Waals surface area contributed by atoms with E-state index in [0.717, 1.165) is 0 Å². The number of hydrogen-bond donors (Lipinski definition) is 2. The van der Waals surface area contributed by atoms with E-state index in [0.29, 0.717) is 0 Å². The molecule has 0 fully saturated rings. The van der Waals surface area contributed by atoms with E-state index in [1.165, 1.54) is 6.92 Å². The fourth-order valence-corrected chi connectivity index (χ4v) is 0.294. The maximum Gasteiger partial charge on any atom is 0.287 e. The molecule has 0 aromatic carbocycles. The maximum atomic E-state index is 10.3. The fraction of sp³-hybridized carbons (Fsp3) is 0.600. The largest absolute Gasteiger partial charge is 0.395 e. The highest BCUT2D eigenvalue weighted by atomic mass is 16.3. The van der Waals surface area contributed by atoms with Gasteiger partial charge in [-0.05, 0) is 0 Å². The van der Waals surface area contributed by atoms with Gasteiger partial charge >= 0.3 is 0 Å². The summed E-state index contributed by atoms with van der Waals surface area (Å²) in [6.07, 6.45) is 0. The summed E-state index contributed by atoms with van der Waals surface area (Å²) in [7, 11) is 0. The number of hydrogen-bond acceptors (Lipinski definition) is 3. The van der Waals surface area contributed by atoms with Crippen LogP contribution >= 0.6 is 0 Å². The van der Waals surface area contributed by atoms with Gasteiger partial charge in [0.25, 0.3) is 5.91 Å². The second-order valence-electron chi connectivity index (χ2n) is 1.54. The molecule has 0 aromatic rings. The number of aliphatic hydroxyl groups is 1. The molecule has 4 heteroatoms. The first-order valence-corrected chi connectivity index (χ1v) is 2.58. The molecule has 0 unspecified atom stereocenters. The quantitative estimate of drug-likeness (QED) is 0.467. The molecule has 0 spiro atoms. The molecule has 0 aliphatic rings. The van der Waals surface area contributed by atoms with Crippen molar-refractivity contribution in [1.82, 2.24) is 5.32 Å². The molecule has 0 aliphatic heterocycles. The first-order chi connectivity index (χ1) is 4.18. The van der Waals surface area contributed by atoms with Crippen LogP contribution in [0, 0.1) is 0 Å². The van der Waals surface area contributed by atoms with E-state index < -0.39 is 11.7 Å². The van der Waals surface area contributed by atoms with Gasteiger partial charge in [0.1, 0.15) is 0 Å². The van der Waals surface area contributed by atoms with Crippen LogP contribution in [-0.4, -0.2) is 29.9 Å². The van der Waals surface area contributed by atoms with E-state index in [2.05, 4.69) is 5.32 Å². The van der Waals surface area contributed by atoms with Gasteiger partial charge in [-0.2, -0.15) is 0 Å². The standard InChI is InChI=1S/C5H9NO3/c1-4(8)5(9)6-2-3-7/h7H,2-3H2,1H3,(H,6,9). The Hall–Kier alpha value is -0.900. The summed E-state index contributed by atoms with van der Waals surface area (Å²) in [5, 5.41) is 10.4. The second-order valence-corrected chi connectivity index (χ2v) is 1.54. The molecule has 9 heavy (non-hydrogen) atoms. The zero-order valence-corrected chi connectivity index (χ0v) is 5.18. The number of Topliss-reactive ketones (excluding diaryl/α,β-unsaturated/α-hetero) is 1. The zero-order valence-electron chi connectivity index (χ0n) is 5.18. The third-order valence-corrected chi connectivity index (χ3v) is 0.717. The molecule has 0 saturated heterocycles. The highest BCUT2D eigenvalue weighted by Gasteiger charge is 2.03. The summed E-state index contributed by atoms with van der Waals surface area (Å²) in [4.78, 5) is 20.5. The van der Waals surface area contributed by atoms with Gasteiger partial charge in [0.15, 0.2) is 0 Å². The molecule has 0 heterocycles. The van der Waals surface area contributed by atoms with Crippen molar-refractivity contribution in [3.05, 3.63) is 0 Å². The Kier molecular flexibility index (Phi) is 3.62. The number of rotatable bonds is 3. The van der Waals surface area contributed by atoms with Gasteiger partial charge in [0.05, 0.1) is 6.61 Å². The van der Waals surface area contributed by atoms with Gasteiger partial charge < -0.3 is 10.4 Å². The molecular formula is C5H9NO3. The highest BCUT2D eigenvalue weighted by Crippen LogP contribution is 1.67. The van der Waals surface area contributed by atoms with Crippen molar-refractivity contribution in [1.29, 1.82) is 0 Å².